The number of hydrogen-bond acceptors (Lipinski definition) is 4. The average Bonchev–Trinajstić information content (AvgIpc) is 2.86. The minimum absolute atomic E-state index is 0.0548. The second-order valence-corrected chi connectivity index (χ2v) is 6.35. The van der Waals surface area contributed by atoms with Gasteiger partial charge in [0.05, 0.1) is 10.7 Å². The lowest BCUT2D eigenvalue weighted by atomic mass is 9.94. The van der Waals surface area contributed by atoms with Gasteiger partial charge in [0.25, 0.3) is 0 Å². The Morgan fingerprint density at radius 3 is 2.95 bits per heavy atom. The van der Waals surface area contributed by atoms with Gasteiger partial charge in [0.15, 0.2) is 0 Å². The molecule has 20 heavy (non-hydrogen) atoms. The molecular weight excluding hydrogens is 268 g/mol. The predicted octanol–water partition coefficient (Wildman–Crippen LogP) is 3.93. The monoisotopic (exact) mass is 288 g/mol. The number of thiazole rings is 1. The van der Waals surface area contributed by atoms with Crippen molar-refractivity contribution in [3.05, 3.63) is 45.4 Å². The number of rotatable bonds is 3. The molecule has 2 heterocycles. The molecule has 1 aliphatic rings. The second kappa shape index (κ2) is 5.54. The second-order valence-electron chi connectivity index (χ2n) is 5.29. The normalized spacial score (nSPS) is 21.4. The summed E-state index contributed by atoms with van der Waals surface area (Å²) in [6.07, 6.45) is 0.993. The van der Waals surface area contributed by atoms with Crippen LogP contribution in [0.3, 0.4) is 0 Å². The molecule has 0 spiro atoms. The Morgan fingerprint density at radius 1 is 1.40 bits per heavy atom. The van der Waals surface area contributed by atoms with Crippen LogP contribution in [0, 0.1) is 13.8 Å². The molecule has 2 atom stereocenters. The summed E-state index contributed by atoms with van der Waals surface area (Å²) in [5.74, 6) is 0.989. The minimum atomic E-state index is 0.0548. The number of benzene rings is 1. The van der Waals surface area contributed by atoms with E-state index in [4.69, 9.17) is 4.74 Å². The van der Waals surface area contributed by atoms with Crippen molar-refractivity contribution >= 4 is 11.3 Å². The van der Waals surface area contributed by atoms with E-state index in [9.17, 15) is 0 Å². The van der Waals surface area contributed by atoms with Crippen molar-refractivity contribution < 1.29 is 4.74 Å². The molecule has 0 amide bonds. The zero-order valence-corrected chi connectivity index (χ0v) is 13.0. The molecule has 3 nitrogen and oxygen atoms in total. The molecule has 2 unspecified atom stereocenters. The van der Waals surface area contributed by atoms with E-state index in [1.165, 1.54) is 11.1 Å². The van der Waals surface area contributed by atoms with E-state index in [1.54, 1.807) is 11.3 Å². The quantitative estimate of drug-likeness (QED) is 0.929. The van der Waals surface area contributed by atoms with Crippen molar-refractivity contribution in [1.82, 2.24) is 10.3 Å². The summed E-state index contributed by atoms with van der Waals surface area (Å²) in [4.78, 5) is 4.59. The molecule has 2 aromatic rings. The zero-order chi connectivity index (χ0) is 14.1. The van der Waals surface area contributed by atoms with Gasteiger partial charge >= 0.3 is 0 Å². The molecule has 0 radical (unpaired) electrons. The van der Waals surface area contributed by atoms with E-state index in [1.807, 2.05) is 6.92 Å². The summed E-state index contributed by atoms with van der Waals surface area (Å²) in [6, 6.07) is 6.76. The Labute approximate surface area is 124 Å². The summed E-state index contributed by atoms with van der Waals surface area (Å²) >= 11 is 1.68. The fourth-order valence-corrected chi connectivity index (χ4v) is 3.39. The first-order valence-electron chi connectivity index (χ1n) is 7.10. The Morgan fingerprint density at radius 2 is 2.25 bits per heavy atom. The van der Waals surface area contributed by atoms with Gasteiger partial charge in [0.2, 0.25) is 0 Å². The molecule has 0 saturated carbocycles. The smallest absolute Gasteiger partial charge is 0.143 e. The van der Waals surface area contributed by atoms with E-state index in [-0.39, 0.29) is 6.10 Å². The Kier molecular flexibility index (Phi) is 3.76. The van der Waals surface area contributed by atoms with E-state index >= 15 is 0 Å². The van der Waals surface area contributed by atoms with Gasteiger partial charge in [-0.2, -0.15) is 0 Å². The van der Waals surface area contributed by atoms with Crippen LogP contribution in [0.15, 0.2) is 23.6 Å². The maximum atomic E-state index is 6.17. The first-order valence-corrected chi connectivity index (χ1v) is 7.98. The molecule has 1 N–H and O–H groups in total. The third-order valence-electron chi connectivity index (χ3n) is 3.68. The standard InChI is InChI=1S/C16H20N2OS/c1-4-17-13-8-16(14-9-20-11(3)18-14)19-15-6-5-10(2)7-12(13)15/h5-7,9,13,16-17H,4,8H2,1-3H3. The highest BCUT2D eigenvalue weighted by atomic mass is 32.1. The molecule has 3 rings (SSSR count). The van der Waals surface area contributed by atoms with Gasteiger partial charge in [-0.15, -0.1) is 11.3 Å². The summed E-state index contributed by atoms with van der Waals surface area (Å²) < 4.78 is 6.17. The number of aryl methyl sites for hydroxylation is 2. The highest BCUT2D eigenvalue weighted by Crippen LogP contribution is 2.41. The topological polar surface area (TPSA) is 34.2 Å². The number of fused-ring (bicyclic) bond motifs is 1. The van der Waals surface area contributed by atoms with Crippen LogP contribution in [0.25, 0.3) is 0 Å². The van der Waals surface area contributed by atoms with E-state index in [0.29, 0.717) is 6.04 Å². The van der Waals surface area contributed by atoms with Gasteiger partial charge in [-0.3, -0.25) is 0 Å². The van der Waals surface area contributed by atoms with Crippen LogP contribution < -0.4 is 10.1 Å². The highest BCUT2D eigenvalue weighted by molar-refractivity contribution is 7.09. The summed E-state index contributed by atoms with van der Waals surface area (Å²) in [7, 11) is 0. The SMILES string of the molecule is CCNC1CC(c2csc(C)n2)Oc2ccc(C)cc21. The van der Waals surface area contributed by atoms with Crippen LogP contribution >= 0.6 is 11.3 Å². The molecule has 0 aliphatic carbocycles. The van der Waals surface area contributed by atoms with Crippen molar-refractivity contribution in [3.8, 4) is 5.75 Å². The number of aromatic nitrogens is 1. The van der Waals surface area contributed by atoms with Gasteiger partial charge in [0, 0.05) is 23.4 Å². The first kappa shape index (κ1) is 13.6. The fourth-order valence-electron chi connectivity index (χ4n) is 2.74. The molecule has 1 aliphatic heterocycles. The van der Waals surface area contributed by atoms with E-state index < -0.39 is 0 Å². The third-order valence-corrected chi connectivity index (χ3v) is 4.47. The van der Waals surface area contributed by atoms with Crippen LogP contribution in [0.5, 0.6) is 5.75 Å². The van der Waals surface area contributed by atoms with Crippen molar-refractivity contribution in [2.45, 2.75) is 39.3 Å². The van der Waals surface area contributed by atoms with Crippen molar-refractivity contribution in [3.63, 3.8) is 0 Å². The highest BCUT2D eigenvalue weighted by Gasteiger charge is 2.30. The molecule has 0 bridgehead atoms. The average molecular weight is 288 g/mol. The predicted molar refractivity (Wildman–Crippen MR) is 82.4 cm³/mol. The van der Waals surface area contributed by atoms with Crippen LogP contribution in [0.4, 0.5) is 0 Å². The molecule has 4 heteroatoms. The van der Waals surface area contributed by atoms with E-state index in [0.717, 1.165) is 29.4 Å². The number of nitrogens with zero attached hydrogens (tertiary/aromatic N) is 1. The van der Waals surface area contributed by atoms with Gasteiger partial charge < -0.3 is 10.1 Å². The Balaban J connectivity index is 1.94. The lowest BCUT2D eigenvalue weighted by molar-refractivity contribution is 0.148. The fraction of sp³-hybridized carbons (Fsp3) is 0.438. The number of nitrogens with one attached hydrogen (secondary N) is 1. The molecule has 1 aromatic heterocycles. The minimum Gasteiger partial charge on any atom is -0.484 e. The molecule has 106 valence electrons. The third kappa shape index (κ3) is 2.58. The molecule has 0 fully saturated rings. The first-order chi connectivity index (χ1) is 9.67. The summed E-state index contributed by atoms with van der Waals surface area (Å²) in [5, 5.41) is 6.78. The molecule has 0 saturated heterocycles. The van der Waals surface area contributed by atoms with Gasteiger partial charge in [0.1, 0.15) is 11.9 Å². The van der Waals surface area contributed by atoms with Crippen LogP contribution in [0.1, 0.15) is 47.3 Å². The van der Waals surface area contributed by atoms with Crippen molar-refractivity contribution in [2.24, 2.45) is 0 Å². The lowest BCUT2D eigenvalue weighted by Gasteiger charge is -2.32. The van der Waals surface area contributed by atoms with Crippen LogP contribution in [-0.4, -0.2) is 11.5 Å². The number of hydrogen-bond donors (Lipinski definition) is 1. The molecular formula is C16H20N2OS. The Hall–Kier alpha value is -1.39. The van der Waals surface area contributed by atoms with Gasteiger partial charge in [-0.25, -0.2) is 4.98 Å². The van der Waals surface area contributed by atoms with Crippen molar-refractivity contribution in [2.75, 3.05) is 6.54 Å². The van der Waals surface area contributed by atoms with Crippen molar-refractivity contribution in [1.29, 1.82) is 0 Å². The maximum Gasteiger partial charge on any atom is 0.143 e. The van der Waals surface area contributed by atoms with Gasteiger partial charge in [-0.05, 0) is 26.5 Å². The van der Waals surface area contributed by atoms with Crippen LogP contribution in [0.2, 0.25) is 0 Å². The molecule has 1 aromatic carbocycles. The summed E-state index contributed by atoms with van der Waals surface area (Å²) in [6.45, 7) is 7.27. The largest absolute Gasteiger partial charge is 0.484 e. The maximum absolute atomic E-state index is 6.17. The van der Waals surface area contributed by atoms with E-state index in [2.05, 4.69) is 47.7 Å². The van der Waals surface area contributed by atoms with Gasteiger partial charge in [-0.1, -0.05) is 24.6 Å². The van der Waals surface area contributed by atoms with Crippen LogP contribution in [-0.2, 0) is 0 Å². The lowest BCUT2D eigenvalue weighted by Crippen LogP contribution is -2.29. The number of ether oxygens (including phenoxy) is 1. The Bertz CT molecular complexity index is 608. The summed E-state index contributed by atoms with van der Waals surface area (Å²) in [5.41, 5.74) is 3.61. The zero-order valence-electron chi connectivity index (χ0n) is 12.1.